The smallest absolute Gasteiger partial charge is 0.0951 e. The lowest BCUT2D eigenvalue weighted by molar-refractivity contribution is 0.157. The fourth-order valence-corrected chi connectivity index (χ4v) is 0.566. The molecule has 0 heterocycles. The van der Waals surface area contributed by atoms with Gasteiger partial charge in [-0.15, -0.1) is 0 Å². The van der Waals surface area contributed by atoms with Crippen molar-refractivity contribution in [3.8, 4) is 0 Å². The van der Waals surface area contributed by atoms with E-state index in [0.29, 0.717) is 0 Å². The Morgan fingerprint density at radius 3 is 1.00 bits per heavy atom. The standard InChI is InChI=1S/C5H14N2.C3H9NO/c1-6(2)5-7(3)4;1-4(2)3-5/h5H2,1-4H3;5H,3H2,1-2H3. The Kier molecular flexibility index (Phi) is 10.7. The number of aliphatic hydroxyl groups is 1. The summed E-state index contributed by atoms with van der Waals surface area (Å²) < 4.78 is 0. The van der Waals surface area contributed by atoms with E-state index in [4.69, 9.17) is 5.11 Å². The van der Waals surface area contributed by atoms with E-state index in [2.05, 4.69) is 38.0 Å². The molecule has 0 saturated carbocycles. The van der Waals surface area contributed by atoms with Gasteiger partial charge in [0.15, 0.2) is 0 Å². The molecule has 0 aliphatic carbocycles. The normalized spacial score (nSPS) is 10.5. The molecule has 0 unspecified atom stereocenters. The summed E-state index contributed by atoms with van der Waals surface area (Å²) in [6.45, 7) is 1.17. The van der Waals surface area contributed by atoms with Crippen molar-refractivity contribution in [1.82, 2.24) is 14.7 Å². The molecule has 0 aromatic rings. The van der Waals surface area contributed by atoms with Crippen molar-refractivity contribution in [1.29, 1.82) is 0 Å². The lowest BCUT2D eigenvalue weighted by Crippen LogP contribution is -2.26. The van der Waals surface area contributed by atoms with Crippen LogP contribution in [0.4, 0.5) is 0 Å². The highest BCUT2D eigenvalue weighted by Crippen LogP contribution is 1.74. The van der Waals surface area contributed by atoms with Crippen LogP contribution in [-0.2, 0) is 0 Å². The van der Waals surface area contributed by atoms with Crippen LogP contribution in [0, 0.1) is 0 Å². The van der Waals surface area contributed by atoms with Gasteiger partial charge in [0, 0.05) is 6.67 Å². The van der Waals surface area contributed by atoms with E-state index < -0.39 is 0 Å². The molecule has 1 N–H and O–H groups in total. The maximum atomic E-state index is 8.07. The van der Waals surface area contributed by atoms with E-state index in [1.807, 2.05) is 0 Å². The zero-order chi connectivity index (χ0) is 10.1. The van der Waals surface area contributed by atoms with Crippen molar-refractivity contribution >= 4 is 0 Å². The summed E-state index contributed by atoms with van der Waals surface area (Å²) in [5.74, 6) is 0. The second kappa shape index (κ2) is 8.93. The quantitative estimate of drug-likeness (QED) is 0.592. The van der Waals surface area contributed by atoms with Crippen molar-refractivity contribution < 1.29 is 5.11 Å². The van der Waals surface area contributed by atoms with E-state index in [9.17, 15) is 0 Å². The first-order valence-corrected chi connectivity index (χ1v) is 3.95. The third kappa shape index (κ3) is 22.5. The average molecular weight is 177 g/mol. The molecular weight excluding hydrogens is 154 g/mol. The van der Waals surface area contributed by atoms with Crippen LogP contribution in [0.25, 0.3) is 0 Å². The third-order valence-electron chi connectivity index (χ3n) is 0.849. The number of nitrogens with zero attached hydrogens (tertiary/aromatic N) is 3. The van der Waals surface area contributed by atoms with E-state index in [-0.39, 0.29) is 6.73 Å². The minimum atomic E-state index is 0.139. The monoisotopic (exact) mass is 177 g/mol. The summed E-state index contributed by atoms with van der Waals surface area (Å²) in [6.07, 6.45) is 0. The van der Waals surface area contributed by atoms with Gasteiger partial charge < -0.3 is 5.11 Å². The van der Waals surface area contributed by atoms with Crippen LogP contribution >= 0.6 is 0 Å². The van der Waals surface area contributed by atoms with Gasteiger partial charge in [0.25, 0.3) is 0 Å². The maximum Gasteiger partial charge on any atom is 0.0951 e. The van der Waals surface area contributed by atoms with Gasteiger partial charge in [-0.25, -0.2) is 0 Å². The number of hydrogen-bond donors (Lipinski definition) is 1. The number of rotatable bonds is 3. The van der Waals surface area contributed by atoms with Crippen molar-refractivity contribution in [3.05, 3.63) is 0 Å². The Morgan fingerprint density at radius 1 is 0.750 bits per heavy atom. The molecule has 0 atom stereocenters. The molecule has 0 aromatic heterocycles. The van der Waals surface area contributed by atoms with Crippen LogP contribution in [0.5, 0.6) is 0 Å². The predicted molar refractivity (Wildman–Crippen MR) is 53.0 cm³/mol. The average Bonchev–Trinajstić information content (AvgIpc) is 1.85. The molecular formula is C8H23N3O. The number of hydrogen-bond acceptors (Lipinski definition) is 4. The first-order valence-electron chi connectivity index (χ1n) is 3.95. The second-order valence-electron chi connectivity index (χ2n) is 3.52. The van der Waals surface area contributed by atoms with Crippen molar-refractivity contribution in [3.63, 3.8) is 0 Å². The lowest BCUT2D eigenvalue weighted by Gasteiger charge is -2.14. The van der Waals surface area contributed by atoms with Crippen LogP contribution in [0.3, 0.4) is 0 Å². The molecule has 0 aliphatic heterocycles. The molecule has 0 aliphatic rings. The molecule has 0 rings (SSSR count). The second-order valence-corrected chi connectivity index (χ2v) is 3.52. The molecule has 12 heavy (non-hydrogen) atoms. The summed E-state index contributed by atoms with van der Waals surface area (Å²) in [5.41, 5.74) is 0. The van der Waals surface area contributed by atoms with Gasteiger partial charge in [-0.2, -0.15) is 0 Å². The molecule has 0 amide bonds. The van der Waals surface area contributed by atoms with Gasteiger partial charge >= 0.3 is 0 Å². The van der Waals surface area contributed by atoms with Gasteiger partial charge in [-0.05, 0) is 42.3 Å². The van der Waals surface area contributed by atoms with E-state index >= 15 is 0 Å². The van der Waals surface area contributed by atoms with Gasteiger partial charge in [0.2, 0.25) is 0 Å². The first kappa shape index (κ1) is 14.4. The topological polar surface area (TPSA) is 30.0 Å². The lowest BCUT2D eigenvalue weighted by atomic mass is 10.8. The SMILES string of the molecule is CN(C)CN(C)C.CN(C)CO. The zero-order valence-electron chi connectivity index (χ0n) is 9.20. The summed E-state index contributed by atoms with van der Waals surface area (Å²) in [7, 11) is 11.8. The predicted octanol–water partition coefficient (Wildman–Crippen LogP) is -0.435. The van der Waals surface area contributed by atoms with Gasteiger partial charge in [0.1, 0.15) is 0 Å². The van der Waals surface area contributed by atoms with Crippen LogP contribution in [0.2, 0.25) is 0 Å². The minimum Gasteiger partial charge on any atom is -0.381 e. The zero-order valence-corrected chi connectivity index (χ0v) is 9.20. The Hall–Kier alpha value is -0.160. The highest BCUT2D eigenvalue weighted by atomic mass is 16.3. The van der Waals surface area contributed by atoms with Crippen LogP contribution in [0.1, 0.15) is 0 Å². The molecule has 0 fully saturated rings. The summed E-state index contributed by atoms with van der Waals surface area (Å²) >= 11 is 0. The molecule has 0 radical (unpaired) electrons. The minimum absolute atomic E-state index is 0.139. The summed E-state index contributed by atoms with van der Waals surface area (Å²) in [6, 6.07) is 0. The maximum absolute atomic E-state index is 8.07. The number of aliphatic hydroxyl groups excluding tert-OH is 1. The van der Waals surface area contributed by atoms with Crippen LogP contribution in [-0.4, -0.2) is 75.5 Å². The molecule has 0 spiro atoms. The highest BCUT2D eigenvalue weighted by molar-refractivity contribution is 4.35. The highest BCUT2D eigenvalue weighted by Gasteiger charge is 1.87. The molecule has 0 saturated heterocycles. The van der Waals surface area contributed by atoms with Gasteiger partial charge in [-0.3, -0.25) is 14.7 Å². The van der Waals surface area contributed by atoms with Gasteiger partial charge in [0.05, 0.1) is 6.73 Å². The van der Waals surface area contributed by atoms with Crippen molar-refractivity contribution in [2.24, 2.45) is 0 Å². The summed E-state index contributed by atoms with van der Waals surface area (Å²) in [4.78, 5) is 5.93. The molecule has 76 valence electrons. The fourth-order valence-electron chi connectivity index (χ4n) is 0.566. The molecule has 0 bridgehead atoms. The third-order valence-corrected chi connectivity index (χ3v) is 0.849. The molecule has 4 nitrogen and oxygen atoms in total. The first-order chi connectivity index (χ1) is 5.40. The Balaban J connectivity index is 0. The van der Waals surface area contributed by atoms with E-state index in [1.165, 1.54) is 0 Å². The van der Waals surface area contributed by atoms with Crippen molar-refractivity contribution in [2.45, 2.75) is 0 Å². The molecule has 4 heteroatoms. The Bertz CT molecular complexity index is 78.4. The Morgan fingerprint density at radius 2 is 1.00 bits per heavy atom. The van der Waals surface area contributed by atoms with Gasteiger partial charge in [-0.1, -0.05) is 0 Å². The van der Waals surface area contributed by atoms with E-state index in [1.54, 1.807) is 19.0 Å². The van der Waals surface area contributed by atoms with E-state index in [0.717, 1.165) is 6.67 Å². The fraction of sp³-hybridized carbons (Fsp3) is 1.00. The van der Waals surface area contributed by atoms with Crippen molar-refractivity contribution in [2.75, 3.05) is 55.7 Å². The molecule has 0 aromatic carbocycles. The van der Waals surface area contributed by atoms with Crippen LogP contribution < -0.4 is 0 Å². The largest absolute Gasteiger partial charge is 0.381 e. The Labute approximate surface area is 76.4 Å². The summed E-state index contributed by atoms with van der Waals surface area (Å²) in [5, 5.41) is 8.07. The van der Waals surface area contributed by atoms with Crippen LogP contribution in [0.15, 0.2) is 0 Å².